The maximum absolute atomic E-state index is 11.9. The fraction of sp³-hybridized carbons (Fsp3) is 0.778. The highest BCUT2D eigenvalue weighted by Gasteiger charge is 2.54. The van der Waals surface area contributed by atoms with E-state index in [0.717, 1.165) is 38.8 Å². The molecule has 1 aliphatic carbocycles. The van der Waals surface area contributed by atoms with E-state index in [1.807, 2.05) is 0 Å². The predicted octanol–water partition coefficient (Wildman–Crippen LogP) is 2.84. The van der Waals surface area contributed by atoms with Crippen LogP contribution in [-0.4, -0.2) is 34.7 Å². The van der Waals surface area contributed by atoms with Gasteiger partial charge >= 0.3 is 0 Å². The summed E-state index contributed by atoms with van der Waals surface area (Å²) in [7, 11) is 4.33. The number of aromatic nitrogens is 1. The molecule has 0 saturated carbocycles. The Hall–Kier alpha value is -0.800. The van der Waals surface area contributed by atoms with Gasteiger partial charge in [-0.05, 0) is 70.1 Å². The summed E-state index contributed by atoms with van der Waals surface area (Å²) in [4.78, 5) is 2.38. The molecule has 0 spiro atoms. The highest BCUT2D eigenvalue weighted by Crippen LogP contribution is 2.55. The summed E-state index contributed by atoms with van der Waals surface area (Å²) >= 11 is 0. The molecule has 3 heteroatoms. The zero-order valence-corrected chi connectivity index (χ0v) is 14.2. The molecule has 2 heterocycles. The van der Waals surface area contributed by atoms with Crippen molar-refractivity contribution in [1.29, 1.82) is 0 Å². The van der Waals surface area contributed by atoms with Crippen molar-refractivity contribution in [2.75, 3.05) is 20.1 Å². The smallest absolute Gasteiger partial charge is 0.0993 e. The summed E-state index contributed by atoms with van der Waals surface area (Å²) in [5.74, 6) is 0.379. The molecule has 1 saturated heterocycles. The first kappa shape index (κ1) is 15.1. The topological polar surface area (TPSA) is 28.4 Å². The van der Waals surface area contributed by atoms with E-state index in [1.54, 1.807) is 0 Å². The molecule has 1 N–H and O–H groups in total. The van der Waals surface area contributed by atoms with Gasteiger partial charge in [0, 0.05) is 24.0 Å². The maximum atomic E-state index is 11.9. The van der Waals surface area contributed by atoms with Gasteiger partial charge in [0.2, 0.25) is 0 Å². The molecule has 1 aromatic heterocycles. The first-order chi connectivity index (χ1) is 9.77. The van der Waals surface area contributed by atoms with Gasteiger partial charge < -0.3 is 14.6 Å². The van der Waals surface area contributed by atoms with Crippen molar-refractivity contribution in [2.24, 2.45) is 18.4 Å². The Labute approximate surface area is 129 Å². The van der Waals surface area contributed by atoms with Gasteiger partial charge in [-0.15, -0.1) is 0 Å². The van der Waals surface area contributed by atoms with Gasteiger partial charge in [0.1, 0.15) is 0 Å². The Morgan fingerprint density at radius 3 is 2.43 bits per heavy atom. The van der Waals surface area contributed by atoms with E-state index < -0.39 is 5.60 Å². The lowest BCUT2D eigenvalue weighted by Gasteiger charge is -2.52. The number of hydrogen-bond acceptors (Lipinski definition) is 2. The third kappa shape index (κ3) is 2.08. The molecular formula is C18H30N2O. The molecule has 118 valence electrons. The molecule has 1 atom stereocenters. The SMILES string of the molecule is Cc1cc2c(n1C)CCC(C)(C)C2(O)C1CCN(C)CC1. The predicted molar refractivity (Wildman–Crippen MR) is 86.4 cm³/mol. The standard InChI is InChI=1S/C18H30N2O/c1-13-12-15-16(20(13)5)6-9-17(2,3)18(15,21)14-7-10-19(4)11-8-14/h12,14,21H,6-11H2,1-5H3. The highest BCUT2D eigenvalue weighted by molar-refractivity contribution is 5.38. The lowest BCUT2D eigenvalue weighted by molar-refractivity contribution is -0.143. The number of fused-ring (bicyclic) bond motifs is 1. The van der Waals surface area contributed by atoms with E-state index in [0.29, 0.717) is 5.92 Å². The summed E-state index contributed by atoms with van der Waals surface area (Å²) in [6.45, 7) is 8.88. The molecule has 0 radical (unpaired) electrons. The van der Waals surface area contributed by atoms with Gasteiger partial charge in [0.25, 0.3) is 0 Å². The third-order valence-corrected chi connectivity index (χ3v) is 6.34. The molecule has 1 aromatic rings. The second-order valence-electron chi connectivity index (χ2n) is 7.93. The van der Waals surface area contributed by atoms with Crippen LogP contribution >= 0.6 is 0 Å². The van der Waals surface area contributed by atoms with Crippen LogP contribution in [0, 0.1) is 18.3 Å². The Balaban J connectivity index is 2.07. The molecule has 3 nitrogen and oxygen atoms in total. The zero-order chi connectivity index (χ0) is 15.4. The lowest BCUT2D eigenvalue weighted by Crippen LogP contribution is -2.53. The molecule has 1 fully saturated rings. The first-order valence-corrected chi connectivity index (χ1v) is 8.34. The summed E-state index contributed by atoms with van der Waals surface area (Å²) in [6.07, 6.45) is 4.36. The largest absolute Gasteiger partial charge is 0.384 e. The van der Waals surface area contributed by atoms with Crippen molar-refractivity contribution >= 4 is 0 Å². The maximum Gasteiger partial charge on any atom is 0.0993 e. The van der Waals surface area contributed by atoms with Gasteiger partial charge in [0.15, 0.2) is 0 Å². The Morgan fingerprint density at radius 1 is 1.19 bits per heavy atom. The number of likely N-dealkylation sites (tertiary alicyclic amines) is 1. The lowest BCUT2D eigenvalue weighted by atomic mass is 9.57. The fourth-order valence-electron chi connectivity index (χ4n) is 4.60. The second kappa shape index (κ2) is 4.85. The molecule has 21 heavy (non-hydrogen) atoms. The summed E-state index contributed by atoms with van der Waals surface area (Å²) in [6, 6.07) is 2.24. The van der Waals surface area contributed by atoms with Crippen LogP contribution in [0.5, 0.6) is 0 Å². The van der Waals surface area contributed by atoms with E-state index in [-0.39, 0.29) is 5.41 Å². The van der Waals surface area contributed by atoms with Gasteiger partial charge in [0.05, 0.1) is 5.60 Å². The fourth-order valence-corrected chi connectivity index (χ4v) is 4.60. The minimum atomic E-state index is -0.673. The van der Waals surface area contributed by atoms with Crippen molar-refractivity contribution < 1.29 is 5.11 Å². The normalized spacial score (nSPS) is 30.4. The monoisotopic (exact) mass is 290 g/mol. The van der Waals surface area contributed by atoms with Gasteiger partial charge in [-0.1, -0.05) is 13.8 Å². The van der Waals surface area contributed by atoms with E-state index >= 15 is 0 Å². The van der Waals surface area contributed by atoms with Gasteiger partial charge in [-0.3, -0.25) is 0 Å². The summed E-state index contributed by atoms with van der Waals surface area (Å²) < 4.78 is 2.28. The zero-order valence-electron chi connectivity index (χ0n) is 14.2. The van der Waals surface area contributed by atoms with E-state index in [9.17, 15) is 5.11 Å². The van der Waals surface area contributed by atoms with Crippen LogP contribution < -0.4 is 0 Å². The van der Waals surface area contributed by atoms with Crippen LogP contribution in [0.15, 0.2) is 6.07 Å². The second-order valence-corrected chi connectivity index (χ2v) is 7.93. The van der Waals surface area contributed by atoms with Crippen molar-refractivity contribution in [1.82, 2.24) is 9.47 Å². The van der Waals surface area contributed by atoms with Gasteiger partial charge in [-0.25, -0.2) is 0 Å². The molecule has 0 bridgehead atoms. The molecule has 1 aliphatic heterocycles. The molecule has 1 unspecified atom stereocenters. The summed E-state index contributed by atoms with van der Waals surface area (Å²) in [5.41, 5.74) is 3.12. The van der Waals surface area contributed by atoms with Crippen LogP contribution in [0.3, 0.4) is 0 Å². The van der Waals surface area contributed by atoms with Crippen molar-refractivity contribution in [3.05, 3.63) is 23.0 Å². The average Bonchev–Trinajstić information content (AvgIpc) is 2.72. The number of aryl methyl sites for hydroxylation is 1. The first-order valence-electron chi connectivity index (χ1n) is 8.34. The van der Waals surface area contributed by atoms with Crippen LogP contribution in [0.4, 0.5) is 0 Å². The minimum Gasteiger partial charge on any atom is -0.384 e. The van der Waals surface area contributed by atoms with E-state index in [1.165, 1.54) is 17.0 Å². The molecule has 0 amide bonds. The Kier molecular flexibility index (Phi) is 3.49. The number of nitrogens with zero attached hydrogens (tertiary/aromatic N) is 2. The van der Waals surface area contributed by atoms with Crippen LogP contribution in [0.1, 0.15) is 50.1 Å². The van der Waals surface area contributed by atoms with E-state index in [4.69, 9.17) is 0 Å². The number of aliphatic hydroxyl groups is 1. The number of piperidine rings is 1. The number of rotatable bonds is 1. The minimum absolute atomic E-state index is 0.0473. The van der Waals surface area contributed by atoms with Crippen molar-refractivity contribution in [3.63, 3.8) is 0 Å². The third-order valence-electron chi connectivity index (χ3n) is 6.34. The van der Waals surface area contributed by atoms with Crippen LogP contribution in [0.2, 0.25) is 0 Å². The van der Waals surface area contributed by atoms with Crippen LogP contribution in [-0.2, 0) is 19.1 Å². The quantitative estimate of drug-likeness (QED) is 0.861. The van der Waals surface area contributed by atoms with Crippen molar-refractivity contribution in [2.45, 2.75) is 52.1 Å². The summed E-state index contributed by atoms with van der Waals surface area (Å²) in [5, 5.41) is 11.9. The molecule has 0 aromatic carbocycles. The average molecular weight is 290 g/mol. The number of hydrogen-bond donors (Lipinski definition) is 1. The Morgan fingerprint density at radius 2 is 1.81 bits per heavy atom. The van der Waals surface area contributed by atoms with Crippen molar-refractivity contribution in [3.8, 4) is 0 Å². The van der Waals surface area contributed by atoms with Gasteiger partial charge in [-0.2, -0.15) is 0 Å². The molecule has 3 rings (SSSR count). The molecular weight excluding hydrogens is 260 g/mol. The van der Waals surface area contributed by atoms with E-state index in [2.05, 4.69) is 50.4 Å². The van der Waals surface area contributed by atoms with Crippen LogP contribution in [0.25, 0.3) is 0 Å². The molecule has 2 aliphatic rings. The Bertz CT molecular complexity index is 538. The highest BCUT2D eigenvalue weighted by atomic mass is 16.3.